The summed E-state index contributed by atoms with van der Waals surface area (Å²) < 4.78 is 10.4. The van der Waals surface area contributed by atoms with Crippen LogP contribution in [0.5, 0.6) is 5.75 Å². The third-order valence-corrected chi connectivity index (χ3v) is 2.22. The highest BCUT2D eigenvalue weighted by molar-refractivity contribution is 5.47. The Labute approximate surface area is 107 Å². The van der Waals surface area contributed by atoms with E-state index in [1.165, 1.54) is 13.4 Å². The van der Waals surface area contributed by atoms with Gasteiger partial charge in [0.15, 0.2) is 5.82 Å². The van der Waals surface area contributed by atoms with Crippen LogP contribution in [0.15, 0.2) is 11.1 Å². The van der Waals surface area contributed by atoms with Crippen LogP contribution in [0.3, 0.4) is 0 Å². The van der Waals surface area contributed by atoms with Gasteiger partial charge in [-0.3, -0.25) is 4.79 Å². The van der Waals surface area contributed by atoms with E-state index in [0.29, 0.717) is 24.9 Å². The van der Waals surface area contributed by atoms with Crippen LogP contribution in [0.2, 0.25) is 0 Å². The molecule has 0 radical (unpaired) electrons. The zero-order valence-corrected chi connectivity index (χ0v) is 11.2. The molecule has 0 spiro atoms. The summed E-state index contributed by atoms with van der Waals surface area (Å²) in [6.07, 6.45) is 2.20. The van der Waals surface area contributed by atoms with Gasteiger partial charge in [0, 0.05) is 19.8 Å². The van der Waals surface area contributed by atoms with Gasteiger partial charge in [-0.05, 0) is 12.3 Å². The van der Waals surface area contributed by atoms with Gasteiger partial charge in [0.1, 0.15) is 0 Å². The summed E-state index contributed by atoms with van der Waals surface area (Å²) in [5.74, 6) is 1.22. The molecule has 6 heteroatoms. The number of hydrogen-bond donors (Lipinski definition) is 2. The van der Waals surface area contributed by atoms with E-state index in [1.807, 2.05) is 0 Å². The van der Waals surface area contributed by atoms with Crippen LogP contribution >= 0.6 is 0 Å². The lowest BCUT2D eigenvalue weighted by Crippen LogP contribution is -2.15. The summed E-state index contributed by atoms with van der Waals surface area (Å²) in [5, 5.41) is 3.06. The fourth-order valence-electron chi connectivity index (χ4n) is 1.40. The van der Waals surface area contributed by atoms with Crippen molar-refractivity contribution in [2.75, 3.05) is 32.2 Å². The van der Waals surface area contributed by atoms with Crippen molar-refractivity contribution in [3.63, 3.8) is 0 Å². The highest BCUT2D eigenvalue weighted by atomic mass is 16.5. The predicted molar refractivity (Wildman–Crippen MR) is 70.2 cm³/mol. The van der Waals surface area contributed by atoms with E-state index in [9.17, 15) is 4.79 Å². The van der Waals surface area contributed by atoms with E-state index in [1.54, 1.807) is 0 Å². The molecule has 102 valence electrons. The lowest BCUT2D eigenvalue weighted by molar-refractivity contribution is 0.110. The maximum Gasteiger partial charge on any atom is 0.295 e. The summed E-state index contributed by atoms with van der Waals surface area (Å²) in [6, 6.07) is 0. The number of nitrogens with zero attached hydrogens (tertiary/aromatic N) is 1. The molecule has 18 heavy (non-hydrogen) atoms. The number of nitrogens with one attached hydrogen (secondary N) is 2. The van der Waals surface area contributed by atoms with Crippen molar-refractivity contribution in [2.24, 2.45) is 5.92 Å². The van der Waals surface area contributed by atoms with Gasteiger partial charge in [0.25, 0.3) is 5.56 Å². The molecule has 0 aliphatic heterocycles. The molecule has 6 nitrogen and oxygen atoms in total. The molecule has 1 aromatic rings. The molecule has 0 atom stereocenters. The Morgan fingerprint density at radius 3 is 2.94 bits per heavy atom. The second kappa shape index (κ2) is 7.71. The van der Waals surface area contributed by atoms with E-state index in [2.05, 4.69) is 29.1 Å². The average Bonchev–Trinajstić information content (AvgIpc) is 2.33. The topological polar surface area (TPSA) is 76.2 Å². The second-order valence-electron chi connectivity index (χ2n) is 4.36. The smallest absolute Gasteiger partial charge is 0.295 e. The number of ether oxygens (including phenoxy) is 2. The molecule has 0 saturated heterocycles. The van der Waals surface area contributed by atoms with Gasteiger partial charge in [-0.2, -0.15) is 0 Å². The van der Waals surface area contributed by atoms with Crippen molar-refractivity contribution in [1.82, 2.24) is 9.97 Å². The first-order valence-corrected chi connectivity index (χ1v) is 6.08. The zero-order chi connectivity index (χ0) is 13.4. The van der Waals surface area contributed by atoms with Gasteiger partial charge < -0.3 is 19.8 Å². The molecule has 0 aromatic carbocycles. The maximum atomic E-state index is 11.4. The van der Waals surface area contributed by atoms with Crippen LogP contribution in [0, 0.1) is 5.92 Å². The number of aromatic nitrogens is 2. The maximum absolute atomic E-state index is 11.4. The molecular weight excluding hydrogens is 234 g/mol. The minimum atomic E-state index is -0.286. The number of aromatic amines is 1. The average molecular weight is 255 g/mol. The Morgan fingerprint density at radius 2 is 2.28 bits per heavy atom. The van der Waals surface area contributed by atoms with Crippen LogP contribution in [0.1, 0.15) is 20.3 Å². The predicted octanol–water partition coefficient (Wildman–Crippen LogP) is 1.25. The summed E-state index contributed by atoms with van der Waals surface area (Å²) in [5.41, 5.74) is -0.286. The van der Waals surface area contributed by atoms with Crippen LogP contribution in [-0.4, -0.2) is 36.8 Å². The molecule has 0 amide bonds. The molecule has 0 aliphatic rings. The van der Waals surface area contributed by atoms with Crippen molar-refractivity contribution in [3.05, 3.63) is 16.7 Å². The minimum absolute atomic E-state index is 0.209. The Hall–Kier alpha value is -1.56. The Bertz CT molecular complexity index is 404. The number of hydrogen-bond acceptors (Lipinski definition) is 5. The quantitative estimate of drug-likeness (QED) is 0.684. The van der Waals surface area contributed by atoms with E-state index in [0.717, 1.165) is 13.0 Å². The van der Waals surface area contributed by atoms with E-state index < -0.39 is 0 Å². The van der Waals surface area contributed by atoms with Gasteiger partial charge >= 0.3 is 0 Å². The van der Waals surface area contributed by atoms with Gasteiger partial charge in [0.2, 0.25) is 5.75 Å². The Morgan fingerprint density at radius 1 is 1.50 bits per heavy atom. The number of H-pyrrole nitrogens is 1. The molecule has 1 heterocycles. The standard InChI is InChI=1S/C12H21N3O3/c1-9(2)7-18-6-4-5-13-11-10(17-3)12(16)15-8-14-11/h8-9H,4-7H2,1-3H3,(H2,13,14,15,16). The molecule has 0 aliphatic carbocycles. The van der Waals surface area contributed by atoms with Gasteiger partial charge in [-0.25, -0.2) is 4.98 Å². The van der Waals surface area contributed by atoms with Crippen LogP contribution < -0.4 is 15.6 Å². The van der Waals surface area contributed by atoms with Crippen molar-refractivity contribution in [3.8, 4) is 5.75 Å². The van der Waals surface area contributed by atoms with E-state index in [4.69, 9.17) is 9.47 Å². The first kappa shape index (κ1) is 14.5. The van der Waals surface area contributed by atoms with Gasteiger partial charge in [-0.1, -0.05) is 13.8 Å². The molecule has 1 rings (SSSR count). The Kier molecular flexibility index (Phi) is 6.21. The highest BCUT2D eigenvalue weighted by Crippen LogP contribution is 2.13. The van der Waals surface area contributed by atoms with Crippen LogP contribution in [0.25, 0.3) is 0 Å². The van der Waals surface area contributed by atoms with Crippen molar-refractivity contribution in [1.29, 1.82) is 0 Å². The number of anilines is 1. The third-order valence-electron chi connectivity index (χ3n) is 2.22. The number of rotatable bonds is 8. The fourth-order valence-corrected chi connectivity index (χ4v) is 1.40. The molecule has 0 unspecified atom stereocenters. The summed E-state index contributed by atoms with van der Waals surface area (Å²) in [6.45, 7) is 6.38. The Balaban J connectivity index is 2.31. The molecule has 0 fully saturated rings. The SMILES string of the molecule is COc1c(NCCCOCC(C)C)nc[nH]c1=O. The molecule has 2 N–H and O–H groups in total. The van der Waals surface area contributed by atoms with Crippen molar-refractivity contribution >= 4 is 5.82 Å². The second-order valence-corrected chi connectivity index (χ2v) is 4.36. The van der Waals surface area contributed by atoms with Crippen LogP contribution in [-0.2, 0) is 4.74 Å². The summed E-state index contributed by atoms with van der Waals surface area (Å²) in [7, 11) is 1.45. The van der Waals surface area contributed by atoms with E-state index in [-0.39, 0.29) is 11.3 Å². The van der Waals surface area contributed by atoms with Gasteiger partial charge in [0.05, 0.1) is 13.4 Å². The highest BCUT2D eigenvalue weighted by Gasteiger charge is 2.07. The first-order valence-electron chi connectivity index (χ1n) is 6.08. The largest absolute Gasteiger partial charge is 0.489 e. The first-order chi connectivity index (χ1) is 8.65. The lowest BCUT2D eigenvalue weighted by atomic mass is 10.2. The van der Waals surface area contributed by atoms with E-state index >= 15 is 0 Å². The number of methoxy groups -OCH3 is 1. The fraction of sp³-hybridized carbons (Fsp3) is 0.667. The molecule has 0 bridgehead atoms. The third kappa shape index (κ3) is 4.75. The zero-order valence-electron chi connectivity index (χ0n) is 11.2. The summed E-state index contributed by atoms with van der Waals surface area (Å²) >= 11 is 0. The summed E-state index contributed by atoms with van der Waals surface area (Å²) in [4.78, 5) is 17.9. The molecule has 0 saturated carbocycles. The normalized spacial score (nSPS) is 10.7. The molecule has 1 aromatic heterocycles. The monoisotopic (exact) mass is 255 g/mol. The van der Waals surface area contributed by atoms with Crippen molar-refractivity contribution < 1.29 is 9.47 Å². The minimum Gasteiger partial charge on any atom is -0.489 e. The van der Waals surface area contributed by atoms with Crippen molar-refractivity contribution in [2.45, 2.75) is 20.3 Å². The van der Waals surface area contributed by atoms with Gasteiger partial charge in [-0.15, -0.1) is 0 Å². The van der Waals surface area contributed by atoms with Crippen LogP contribution in [0.4, 0.5) is 5.82 Å². The molecular formula is C12H21N3O3. The lowest BCUT2D eigenvalue weighted by Gasteiger charge is -2.09.